The molecule has 1 heterocycles. The highest BCUT2D eigenvalue weighted by Gasteiger charge is 2.52. The van der Waals surface area contributed by atoms with Gasteiger partial charge in [-0.1, -0.05) is 18.2 Å². The fourth-order valence-corrected chi connectivity index (χ4v) is 2.31. The zero-order chi connectivity index (χ0) is 15.1. The van der Waals surface area contributed by atoms with Crippen LogP contribution >= 0.6 is 0 Å². The van der Waals surface area contributed by atoms with Crippen molar-refractivity contribution in [2.24, 2.45) is 5.73 Å². The van der Waals surface area contributed by atoms with Gasteiger partial charge in [0.25, 0.3) is 0 Å². The molecule has 5 heteroatoms. The molecule has 1 amide bonds. The summed E-state index contributed by atoms with van der Waals surface area (Å²) in [7, 11) is -0.409. The predicted octanol–water partition coefficient (Wildman–Crippen LogP) is 1.32. The molecule has 0 aromatic heterocycles. The Kier molecular flexibility index (Phi) is 3.69. The first kappa shape index (κ1) is 15.1. The number of nitrogens with two attached hydrogens (primary N) is 1. The highest BCUT2D eigenvalue weighted by molar-refractivity contribution is 6.62. The summed E-state index contributed by atoms with van der Waals surface area (Å²) in [5.74, 6) is -0.334. The minimum atomic E-state index is -0.409. The van der Waals surface area contributed by atoms with Crippen LogP contribution in [0.4, 0.5) is 0 Å². The number of primary amides is 1. The van der Waals surface area contributed by atoms with E-state index in [-0.39, 0.29) is 23.5 Å². The number of rotatable bonds is 3. The lowest BCUT2D eigenvalue weighted by atomic mass is 9.75. The largest absolute Gasteiger partial charge is 0.495 e. The van der Waals surface area contributed by atoms with Gasteiger partial charge in [-0.05, 0) is 51.2 Å². The highest BCUT2D eigenvalue weighted by Crippen LogP contribution is 2.36. The lowest BCUT2D eigenvalue weighted by Crippen LogP contribution is -2.41. The van der Waals surface area contributed by atoms with Crippen molar-refractivity contribution in [3.05, 3.63) is 29.3 Å². The van der Waals surface area contributed by atoms with Crippen LogP contribution in [-0.4, -0.2) is 24.2 Å². The summed E-state index contributed by atoms with van der Waals surface area (Å²) in [5, 5.41) is 0. The summed E-state index contributed by atoms with van der Waals surface area (Å²) < 4.78 is 12.1. The summed E-state index contributed by atoms with van der Waals surface area (Å²) in [5.41, 5.74) is 7.43. The number of amides is 1. The first-order chi connectivity index (χ1) is 9.14. The quantitative estimate of drug-likeness (QED) is 0.846. The van der Waals surface area contributed by atoms with Crippen molar-refractivity contribution in [1.29, 1.82) is 0 Å². The molecule has 1 aliphatic heterocycles. The number of benzene rings is 1. The van der Waals surface area contributed by atoms with Gasteiger partial charge < -0.3 is 15.0 Å². The molecule has 108 valence electrons. The standard InChI is InChI=1S/C15H22BNO3/c1-10-11(9-13(17)18)7-6-8-12(10)16-19-14(2,3)15(4,5)20-16/h6-8H,9H2,1-5H3,(H2,17,18). The molecule has 1 aliphatic rings. The molecular formula is C15H22BNO3. The molecule has 2 N–H and O–H groups in total. The second-order valence-electron chi connectivity index (χ2n) is 6.36. The van der Waals surface area contributed by atoms with Gasteiger partial charge in [0.05, 0.1) is 17.6 Å². The van der Waals surface area contributed by atoms with Crippen molar-refractivity contribution in [3.8, 4) is 0 Å². The van der Waals surface area contributed by atoms with E-state index in [1.165, 1.54) is 0 Å². The van der Waals surface area contributed by atoms with Crippen LogP contribution in [0.1, 0.15) is 38.8 Å². The fourth-order valence-electron chi connectivity index (χ4n) is 2.31. The first-order valence-electron chi connectivity index (χ1n) is 6.86. The summed E-state index contributed by atoms with van der Waals surface area (Å²) in [4.78, 5) is 11.1. The van der Waals surface area contributed by atoms with Gasteiger partial charge in [-0.15, -0.1) is 0 Å². The Labute approximate surface area is 120 Å². The van der Waals surface area contributed by atoms with Crippen molar-refractivity contribution in [2.75, 3.05) is 0 Å². The maximum atomic E-state index is 11.1. The third-order valence-electron chi connectivity index (χ3n) is 4.36. The molecule has 0 bridgehead atoms. The molecule has 1 saturated heterocycles. The molecular weight excluding hydrogens is 253 g/mol. The van der Waals surface area contributed by atoms with E-state index in [0.717, 1.165) is 16.6 Å². The van der Waals surface area contributed by atoms with Crippen LogP contribution < -0.4 is 11.2 Å². The molecule has 0 atom stereocenters. The van der Waals surface area contributed by atoms with Crippen molar-refractivity contribution in [2.45, 2.75) is 52.2 Å². The van der Waals surface area contributed by atoms with Gasteiger partial charge >= 0.3 is 7.12 Å². The van der Waals surface area contributed by atoms with Crippen molar-refractivity contribution < 1.29 is 14.1 Å². The predicted molar refractivity (Wildman–Crippen MR) is 79.8 cm³/mol. The normalized spacial score (nSPS) is 20.1. The smallest absolute Gasteiger partial charge is 0.399 e. The van der Waals surface area contributed by atoms with E-state index in [9.17, 15) is 4.79 Å². The third-order valence-corrected chi connectivity index (χ3v) is 4.36. The maximum Gasteiger partial charge on any atom is 0.495 e. The van der Waals surface area contributed by atoms with Crippen molar-refractivity contribution in [3.63, 3.8) is 0 Å². The number of carbonyl (C=O) groups excluding carboxylic acids is 1. The van der Waals surface area contributed by atoms with Gasteiger partial charge in [-0.3, -0.25) is 4.79 Å². The van der Waals surface area contributed by atoms with E-state index in [2.05, 4.69) is 0 Å². The highest BCUT2D eigenvalue weighted by atomic mass is 16.7. The second kappa shape index (κ2) is 4.90. The molecule has 1 aromatic carbocycles. The van der Waals surface area contributed by atoms with Crippen LogP contribution in [-0.2, 0) is 20.5 Å². The van der Waals surface area contributed by atoms with Crippen LogP contribution in [0, 0.1) is 6.92 Å². The summed E-state index contributed by atoms with van der Waals surface area (Å²) in [6.07, 6.45) is 0.235. The van der Waals surface area contributed by atoms with Gasteiger partial charge in [-0.2, -0.15) is 0 Å². The molecule has 1 aromatic rings. The Morgan fingerprint density at radius 1 is 1.20 bits per heavy atom. The topological polar surface area (TPSA) is 61.6 Å². The van der Waals surface area contributed by atoms with E-state index in [0.29, 0.717) is 0 Å². The fraction of sp³-hybridized carbons (Fsp3) is 0.533. The van der Waals surface area contributed by atoms with Gasteiger partial charge in [0.2, 0.25) is 5.91 Å². The lowest BCUT2D eigenvalue weighted by molar-refractivity contribution is -0.117. The van der Waals surface area contributed by atoms with Crippen molar-refractivity contribution in [1.82, 2.24) is 0 Å². The van der Waals surface area contributed by atoms with Crippen molar-refractivity contribution >= 4 is 18.5 Å². The maximum absolute atomic E-state index is 11.1. The van der Waals surface area contributed by atoms with Gasteiger partial charge in [-0.25, -0.2) is 0 Å². The van der Waals surface area contributed by atoms with E-state index in [4.69, 9.17) is 15.0 Å². The first-order valence-corrected chi connectivity index (χ1v) is 6.86. The zero-order valence-corrected chi connectivity index (χ0v) is 12.8. The monoisotopic (exact) mass is 275 g/mol. The van der Waals surface area contributed by atoms with Crippen LogP contribution in [0.5, 0.6) is 0 Å². The summed E-state index contributed by atoms with van der Waals surface area (Å²) in [6.45, 7) is 10.1. The molecule has 20 heavy (non-hydrogen) atoms. The second-order valence-corrected chi connectivity index (χ2v) is 6.36. The van der Waals surface area contributed by atoms with E-state index in [1.54, 1.807) is 0 Å². The van der Waals surface area contributed by atoms with E-state index < -0.39 is 7.12 Å². The molecule has 0 radical (unpaired) electrons. The molecule has 4 nitrogen and oxygen atoms in total. The van der Waals surface area contributed by atoms with Crippen LogP contribution in [0.3, 0.4) is 0 Å². The Morgan fingerprint density at radius 2 is 1.75 bits per heavy atom. The van der Waals surface area contributed by atoms with E-state index >= 15 is 0 Å². The van der Waals surface area contributed by atoms with Crippen LogP contribution in [0.2, 0.25) is 0 Å². The van der Waals surface area contributed by atoms with Crippen LogP contribution in [0.15, 0.2) is 18.2 Å². The molecule has 1 fully saturated rings. The van der Waals surface area contributed by atoms with Gasteiger partial charge in [0, 0.05) is 0 Å². The Morgan fingerprint density at radius 3 is 2.25 bits per heavy atom. The number of hydrogen-bond donors (Lipinski definition) is 1. The average molecular weight is 275 g/mol. The van der Waals surface area contributed by atoms with Gasteiger partial charge in [0.1, 0.15) is 0 Å². The molecule has 2 rings (SSSR count). The number of hydrogen-bond acceptors (Lipinski definition) is 3. The molecule has 0 saturated carbocycles. The Hall–Kier alpha value is -1.33. The number of carbonyl (C=O) groups is 1. The Bertz CT molecular complexity index is 524. The molecule has 0 unspecified atom stereocenters. The minimum absolute atomic E-state index is 0.235. The molecule has 0 aliphatic carbocycles. The molecule has 0 spiro atoms. The third kappa shape index (κ3) is 2.60. The lowest BCUT2D eigenvalue weighted by Gasteiger charge is -2.32. The van der Waals surface area contributed by atoms with E-state index in [1.807, 2.05) is 52.8 Å². The average Bonchev–Trinajstić information content (AvgIpc) is 2.50. The Balaban J connectivity index is 2.34. The zero-order valence-electron chi connectivity index (χ0n) is 12.8. The summed E-state index contributed by atoms with van der Waals surface area (Å²) >= 11 is 0. The summed E-state index contributed by atoms with van der Waals surface area (Å²) in [6, 6.07) is 5.79. The van der Waals surface area contributed by atoms with Crippen LogP contribution in [0.25, 0.3) is 0 Å². The SMILES string of the molecule is Cc1c(CC(N)=O)cccc1B1OC(C)(C)C(C)(C)O1. The minimum Gasteiger partial charge on any atom is -0.399 e. The van der Waals surface area contributed by atoms with Gasteiger partial charge in [0.15, 0.2) is 0 Å².